The average molecular weight is 231 g/mol. The molecule has 0 aliphatic carbocycles. The molecule has 17 heavy (non-hydrogen) atoms. The van der Waals surface area contributed by atoms with Crippen molar-refractivity contribution < 1.29 is 4.79 Å². The van der Waals surface area contributed by atoms with E-state index < -0.39 is 0 Å². The number of rotatable bonds is 4. The van der Waals surface area contributed by atoms with Crippen LogP contribution >= 0.6 is 0 Å². The van der Waals surface area contributed by atoms with Gasteiger partial charge in [0.05, 0.1) is 23.5 Å². The molecule has 4 nitrogen and oxygen atoms in total. The Morgan fingerprint density at radius 1 is 1.47 bits per heavy atom. The second kappa shape index (κ2) is 6.00. The lowest BCUT2D eigenvalue weighted by atomic mass is 10.1. The first-order valence-electron chi connectivity index (χ1n) is 5.69. The van der Waals surface area contributed by atoms with Crippen LogP contribution in [0.3, 0.4) is 0 Å². The van der Waals surface area contributed by atoms with Gasteiger partial charge in [0.25, 0.3) is 5.91 Å². The molecular weight excluding hydrogens is 214 g/mol. The van der Waals surface area contributed by atoms with Gasteiger partial charge >= 0.3 is 0 Å². The lowest BCUT2D eigenvalue weighted by molar-refractivity contribution is 0.0783. The summed E-state index contributed by atoms with van der Waals surface area (Å²) in [5, 5.41) is 8.01. The minimum absolute atomic E-state index is 0.0692. The normalized spacial score (nSPS) is 9.76. The average Bonchev–Trinajstić information content (AvgIpc) is 2.35. The van der Waals surface area contributed by atoms with Crippen molar-refractivity contribution >= 4 is 5.91 Å². The van der Waals surface area contributed by atoms with Gasteiger partial charge in [0.15, 0.2) is 0 Å². The van der Waals surface area contributed by atoms with E-state index in [2.05, 4.69) is 16.1 Å². The Kier molecular flexibility index (Phi) is 4.65. The fourth-order valence-electron chi connectivity index (χ4n) is 1.57. The van der Waals surface area contributed by atoms with Crippen LogP contribution in [0.25, 0.3) is 0 Å². The molecule has 1 aromatic rings. The van der Waals surface area contributed by atoms with Crippen LogP contribution < -0.4 is 0 Å². The maximum atomic E-state index is 12.3. The highest BCUT2D eigenvalue weighted by molar-refractivity contribution is 5.95. The van der Waals surface area contributed by atoms with E-state index in [1.54, 1.807) is 11.0 Å². The zero-order valence-corrected chi connectivity index (χ0v) is 10.5. The molecule has 0 N–H and O–H groups in total. The Labute approximate surface area is 102 Å². The van der Waals surface area contributed by atoms with Crippen molar-refractivity contribution in [1.82, 2.24) is 15.1 Å². The lowest BCUT2D eigenvalue weighted by Gasteiger charge is -2.19. The summed E-state index contributed by atoms with van der Waals surface area (Å²) in [6.45, 7) is 6.59. The Bertz CT molecular complexity index is 448. The fourth-order valence-corrected chi connectivity index (χ4v) is 1.57. The van der Waals surface area contributed by atoms with Crippen LogP contribution in [-0.2, 0) is 6.42 Å². The smallest absolute Gasteiger partial charge is 0.256 e. The molecule has 0 bridgehead atoms. The summed E-state index contributed by atoms with van der Waals surface area (Å²) < 4.78 is 0. The molecule has 0 radical (unpaired) electrons. The summed E-state index contributed by atoms with van der Waals surface area (Å²) in [6.07, 6.45) is 5.93. The van der Waals surface area contributed by atoms with E-state index in [0.29, 0.717) is 25.1 Å². The molecule has 1 heterocycles. The Morgan fingerprint density at radius 3 is 2.71 bits per heavy atom. The first-order chi connectivity index (χ1) is 8.13. The Morgan fingerprint density at radius 2 is 2.18 bits per heavy atom. The molecule has 0 fully saturated rings. The molecule has 90 valence electrons. The third-order valence-corrected chi connectivity index (χ3v) is 2.51. The largest absolute Gasteiger partial charge is 0.328 e. The van der Waals surface area contributed by atoms with Crippen molar-refractivity contribution in [2.45, 2.75) is 27.2 Å². The first-order valence-corrected chi connectivity index (χ1v) is 5.69. The number of amides is 1. The summed E-state index contributed by atoms with van der Waals surface area (Å²) >= 11 is 0. The van der Waals surface area contributed by atoms with Crippen LogP contribution in [0.1, 0.15) is 35.6 Å². The lowest BCUT2D eigenvalue weighted by Crippen LogP contribution is -2.32. The summed E-state index contributed by atoms with van der Waals surface area (Å²) in [6, 6.07) is 1.77. The van der Waals surface area contributed by atoms with Crippen LogP contribution in [0.15, 0.2) is 6.07 Å². The zero-order valence-electron chi connectivity index (χ0n) is 10.5. The van der Waals surface area contributed by atoms with Crippen molar-refractivity contribution in [2.24, 2.45) is 0 Å². The highest BCUT2D eigenvalue weighted by Crippen LogP contribution is 2.10. The van der Waals surface area contributed by atoms with E-state index >= 15 is 0 Å². The molecule has 0 aliphatic rings. The molecule has 1 amide bonds. The molecule has 0 saturated heterocycles. The number of carbonyl (C=O) groups is 1. The van der Waals surface area contributed by atoms with E-state index in [4.69, 9.17) is 6.42 Å². The van der Waals surface area contributed by atoms with Gasteiger partial charge in [-0.1, -0.05) is 12.8 Å². The van der Waals surface area contributed by atoms with Gasteiger partial charge in [-0.2, -0.15) is 10.2 Å². The van der Waals surface area contributed by atoms with Gasteiger partial charge in [0.1, 0.15) is 0 Å². The minimum atomic E-state index is -0.0692. The molecule has 0 aromatic carbocycles. The van der Waals surface area contributed by atoms with Crippen LogP contribution in [0.5, 0.6) is 0 Å². The van der Waals surface area contributed by atoms with E-state index in [1.165, 1.54) is 0 Å². The van der Waals surface area contributed by atoms with Crippen LogP contribution in [-0.4, -0.2) is 34.1 Å². The number of terminal acetylenes is 1. The third-order valence-electron chi connectivity index (χ3n) is 2.51. The summed E-state index contributed by atoms with van der Waals surface area (Å²) in [4.78, 5) is 13.9. The number of nitrogens with zero attached hydrogens (tertiary/aromatic N) is 3. The Hall–Kier alpha value is -1.89. The van der Waals surface area contributed by atoms with Gasteiger partial charge in [-0.15, -0.1) is 6.42 Å². The quantitative estimate of drug-likeness (QED) is 0.737. The standard InChI is InChI=1S/C13H17N3O/c1-5-8-16(7-3)13(17)11-9-10(4)14-15-12(11)6-2/h1,9H,6-8H2,2-4H3. The highest BCUT2D eigenvalue weighted by atomic mass is 16.2. The second-order valence-corrected chi connectivity index (χ2v) is 3.72. The third kappa shape index (κ3) is 3.04. The van der Waals surface area contributed by atoms with Crippen molar-refractivity contribution in [3.63, 3.8) is 0 Å². The van der Waals surface area contributed by atoms with E-state index in [1.807, 2.05) is 20.8 Å². The number of carbonyl (C=O) groups excluding carboxylic acids is 1. The molecule has 0 unspecified atom stereocenters. The molecule has 1 rings (SSSR count). The topological polar surface area (TPSA) is 46.1 Å². The second-order valence-electron chi connectivity index (χ2n) is 3.72. The maximum Gasteiger partial charge on any atom is 0.256 e. The number of aromatic nitrogens is 2. The molecule has 4 heteroatoms. The predicted molar refractivity (Wildman–Crippen MR) is 66.6 cm³/mol. The maximum absolute atomic E-state index is 12.3. The highest BCUT2D eigenvalue weighted by Gasteiger charge is 2.17. The number of aryl methyl sites for hydroxylation is 2. The monoisotopic (exact) mass is 231 g/mol. The molecular formula is C13H17N3O. The summed E-state index contributed by atoms with van der Waals surface area (Å²) in [5.41, 5.74) is 2.07. The minimum Gasteiger partial charge on any atom is -0.328 e. The van der Waals surface area contributed by atoms with E-state index in [-0.39, 0.29) is 5.91 Å². The van der Waals surface area contributed by atoms with Gasteiger partial charge in [-0.3, -0.25) is 4.79 Å². The molecule has 0 saturated carbocycles. The van der Waals surface area contributed by atoms with Crippen LogP contribution in [0.2, 0.25) is 0 Å². The SMILES string of the molecule is C#CCN(CC)C(=O)c1cc(C)nnc1CC. The molecule has 0 aliphatic heterocycles. The first kappa shape index (κ1) is 13.2. The molecule has 1 aromatic heterocycles. The van der Waals surface area contributed by atoms with Crippen molar-refractivity contribution in [3.05, 3.63) is 23.0 Å². The van der Waals surface area contributed by atoms with Crippen molar-refractivity contribution in [1.29, 1.82) is 0 Å². The zero-order chi connectivity index (χ0) is 12.8. The van der Waals surface area contributed by atoms with Crippen LogP contribution in [0.4, 0.5) is 0 Å². The van der Waals surface area contributed by atoms with E-state index in [0.717, 1.165) is 11.4 Å². The van der Waals surface area contributed by atoms with Gasteiger partial charge in [0, 0.05) is 6.54 Å². The molecule has 0 spiro atoms. The van der Waals surface area contributed by atoms with Crippen molar-refractivity contribution in [3.8, 4) is 12.3 Å². The van der Waals surface area contributed by atoms with Gasteiger partial charge < -0.3 is 4.90 Å². The van der Waals surface area contributed by atoms with Gasteiger partial charge in [0.2, 0.25) is 0 Å². The molecule has 0 atom stereocenters. The van der Waals surface area contributed by atoms with Crippen molar-refractivity contribution in [2.75, 3.05) is 13.1 Å². The summed E-state index contributed by atoms with van der Waals surface area (Å²) in [7, 11) is 0. The number of hydrogen-bond donors (Lipinski definition) is 0. The number of hydrogen-bond acceptors (Lipinski definition) is 3. The fraction of sp³-hybridized carbons (Fsp3) is 0.462. The van der Waals surface area contributed by atoms with E-state index in [9.17, 15) is 4.79 Å². The van der Waals surface area contributed by atoms with Gasteiger partial charge in [-0.05, 0) is 26.3 Å². The van der Waals surface area contributed by atoms with Gasteiger partial charge in [-0.25, -0.2) is 0 Å². The van der Waals surface area contributed by atoms with Crippen LogP contribution in [0, 0.1) is 19.3 Å². The predicted octanol–water partition coefficient (Wildman–Crippen LogP) is 1.44. The Balaban J connectivity index is 3.10. The summed E-state index contributed by atoms with van der Waals surface area (Å²) in [5.74, 6) is 2.42.